The van der Waals surface area contributed by atoms with E-state index in [0.29, 0.717) is 18.7 Å². The Labute approximate surface area is 119 Å². The van der Waals surface area contributed by atoms with Crippen LogP contribution in [0.4, 0.5) is 4.39 Å². The van der Waals surface area contributed by atoms with Crippen molar-refractivity contribution in [1.29, 1.82) is 0 Å². The molecule has 7 heteroatoms. The Bertz CT molecular complexity index is 537. The van der Waals surface area contributed by atoms with Gasteiger partial charge < -0.3 is 14.7 Å². The topological polar surface area (TPSA) is 66.8 Å². The summed E-state index contributed by atoms with van der Waals surface area (Å²) in [6.45, 7) is 0.374. The normalized spacial score (nSPS) is 18.1. The summed E-state index contributed by atoms with van der Waals surface area (Å²) in [7, 11) is 0. The highest BCUT2D eigenvalue weighted by molar-refractivity contribution is 6.30. The molecule has 1 aliphatic heterocycles. The molecule has 0 saturated carbocycles. The first-order valence-corrected chi connectivity index (χ1v) is 6.43. The predicted octanol–water partition coefficient (Wildman–Crippen LogP) is 1.79. The number of amides is 1. The van der Waals surface area contributed by atoms with Crippen molar-refractivity contribution < 1.29 is 23.8 Å². The number of carboxylic acid groups (broad SMARTS) is 1. The van der Waals surface area contributed by atoms with Crippen molar-refractivity contribution in [3.8, 4) is 5.75 Å². The van der Waals surface area contributed by atoms with Gasteiger partial charge in [0.1, 0.15) is 11.6 Å². The van der Waals surface area contributed by atoms with Gasteiger partial charge in [0.15, 0.2) is 6.61 Å². The first kappa shape index (κ1) is 14.6. The average Bonchev–Trinajstić information content (AvgIpc) is 2.89. The maximum absolute atomic E-state index is 12.9. The zero-order chi connectivity index (χ0) is 14.7. The molecule has 2 rings (SSSR count). The predicted molar refractivity (Wildman–Crippen MR) is 69.2 cm³/mol. The van der Waals surface area contributed by atoms with Gasteiger partial charge in [0, 0.05) is 19.2 Å². The van der Waals surface area contributed by atoms with Crippen LogP contribution in [0.2, 0.25) is 5.02 Å². The van der Waals surface area contributed by atoms with Crippen molar-refractivity contribution in [1.82, 2.24) is 4.90 Å². The van der Waals surface area contributed by atoms with E-state index >= 15 is 0 Å². The van der Waals surface area contributed by atoms with Gasteiger partial charge >= 0.3 is 5.97 Å². The Kier molecular flexibility index (Phi) is 4.44. The summed E-state index contributed by atoms with van der Waals surface area (Å²) < 4.78 is 18.2. The number of carbonyl (C=O) groups excluding carboxylic acids is 1. The molecule has 0 bridgehead atoms. The van der Waals surface area contributed by atoms with Crippen LogP contribution in [0, 0.1) is 11.7 Å². The van der Waals surface area contributed by atoms with E-state index in [9.17, 15) is 14.0 Å². The van der Waals surface area contributed by atoms with Crippen molar-refractivity contribution in [3.63, 3.8) is 0 Å². The summed E-state index contributed by atoms with van der Waals surface area (Å²) in [5, 5.41) is 8.78. The molecule has 1 atom stereocenters. The van der Waals surface area contributed by atoms with Gasteiger partial charge in [-0.2, -0.15) is 0 Å². The number of aliphatic carboxylic acids is 1. The average molecular weight is 302 g/mol. The lowest BCUT2D eigenvalue weighted by atomic mass is 10.1. The van der Waals surface area contributed by atoms with E-state index in [2.05, 4.69) is 0 Å². The lowest BCUT2D eigenvalue weighted by molar-refractivity contribution is -0.141. The lowest BCUT2D eigenvalue weighted by Gasteiger charge is -2.16. The summed E-state index contributed by atoms with van der Waals surface area (Å²) in [5.74, 6) is -1.98. The Hall–Kier alpha value is -1.82. The summed E-state index contributed by atoms with van der Waals surface area (Å²) in [5.41, 5.74) is 0. The molecule has 0 aromatic heterocycles. The molecular formula is C13H13ClFNO4. The molecule has 1 aromatic rings. The van der Waals surface area contributed by atoms with Crippen molar-refractivity contribution >= 4 is 23.5 Å². The molecule has 1 aliphatic rings. The molecule has 20 heavy (non-hydrogen) atoms. The highest BCUT2D eigenvalue weighted by atomic mass is 35.5. The van der Waals surface area contributed by atoms with Crippen molar-refractivity contribution in [2.45, 2.75) is 6.42 Å². The van der Waals surface area contributed by atoms with Crippen molar-refractivity contribution in [2.75, 3.05) is 19.7 Å². The minimum atomic E-state index is -0.897. The first-order valence-electron chi connectivity index (χ1n) is 6.06. The highest BCUT2D eigenvalue weighted by Crippen LogP contribution is 2.21. The third-order valence-electron chi connectivity index (χ3n) is 3.14. The van der Waals surface area contributed by atoms with Crippen LogP contribution in [-0.2, 0) is 9.59 Å². The Morgan fingerprint density at radius 3 is 2.85 bits per heavy atom. The van der Waals surface area contributed by atoms with Gasteiger partial charge in [-0.25, -0.2) is 4.39 Å². The summed E-state index contributed by atoms with van der Waals surface area (Å²) in [6, 6.07) is 3.81. The second-order valence-corrected chi connectivity index (χ2v) is 4.94. The lowest BCUT2D eigenvalue weighted by Crippen LogP contribution is -2.33. The van der Waals surface area contributed by atoms with Crippen molar-refractivity contribution in [3.05, 3.63) is 29.0 Å². The smallest absolute Gasteiger partial charge is 0.308 e. The molecule has 1 heterocycles. The van der Waals surface area contributed by atoms with Crippen LogP contribution in [0.1, 0.15) is 6.42 Å². The monoisotopic (exact) mass is 301 g/mol. The minimum Gasteiger partial charge on any atom is -0.484 e. The van der Waals surface area contributed by atoms with Gasteiger partial charge in [-0.15, -0.1) is 0 Å². The van der Waals surface area contributed by atoms with Gasteiger partial charge in [0.05, 0.1) is 10.9 Å². The molecule has 5 nitrogen and oxygen atoms in total. The molecule has 0 spiro atoms. The Morgan fingerprint density at radius 2 is 2.25 bits per heavy atom. The van der Waals surface area contributed by atoms with E-state index < -0.39 is 17.7 Å². The number of carboxylic acids is 1. The largest absolute Gasteiger partial charge is 0.484 e. The molecular weight excluding hydrogens is 289 g/mol. The maximum Gasteiger partial charge on any atom is 0.308 e. The number of carbonyl (C=O) groups is 2. The summed E-state index contributed by atoms with van der Waals surface area (Å²) >= 11 is 5.59. The van der Waals surface area contributed by atoms with Gasteiger partial charge in [0.25, 0.3) is 5.91 Å². The number of likely N-dealkylation sites (tertiary alicyclic amines) is 1. The molecule has 1 aromatic carbocycles. The van der Waals surface area contributed by atoms with E-state index in [4.69, 9.17) is 21.4 Å². The highest BCUT2D eigenvalue weighted by Gasteiger charge is 2.30. The van der Waals surface area contributed by atoms with Crippen LogP contribution in [0.3, 0.4) is 0 Å². The summed E-state index contributed by atoms with van der Waals surface area (Å²) in [4.78, 5) is 24.1. The van der Waals surface area contributed by atoms with Crippen LogP contribution in [0.15, 0.2) is 18.2 Å². The molecule has 0 radical (unpaired) electrons. The molecule has 0 aliphatic carbocycles. The fourth-order valence-electron chi connectivity index (χ4n) is 1.99. The van der Waals surface area contributed by atoms with Gasteiger partial charge in [-0.1, -0.05) is 11.6 Å². The quantitative estimate of drug-likeness (QED) is 0.921. The molecule has 108 valence electrons. The second-order valence-electron chi connectivity index (χ2n) is 4.53. The maximum atomic E-state index is 12.9. The number of benzene rings is 1. The number of hydrogen-bond acceptors (Lipinski definition) is 3. The fourth-order valence-corrected chi connectivity index (χ4v) is 2.16. The van der Waals surface area contributed by atoms with Crippen LogP contribution in [0.5, 0.6) is 5.75 Å². The van der Waals surface area contributed by atoms with E-state index in [1.165, 1.54) is 17.0 Å². The van der Waals surface area contributed by atoms with E-state index in [-0.39, 0.29) is 24.1 Å². The van der Waals surface area contributed by atoms with Crippen LogP contribution in [0.25, 0.3) is 0 Å². The molecule has 0 unspecified atom stereocenters. The number of nitrogens with zero attached hydrogens (tertiary/aromatic N) is 1. The summed E-state index contributed by atoms with van der Waals surface area (Å²) in [6.07, 6.45) is 0.448. The van der Waals surface area contributed by atoms with Crippen molar-refractivity contribution in [2.24, 2.45) is 5.92 Å². The molecule has 1 amide bonds. The second kappa shape index (κ2) is 6.09. The SMILES string of the molecule is O=C(O)[C@@H]1CCN(C(=O)COc2ccc(F)c(Cl)c2)C1. The molecule has 1 N–H and O–H groups in total. The fraction of sp³-hybridized carbons (Fsp3) is 0.385. The first-order chi connectivity index (χ1) is 9.47. The number of ether oxygens (including phenoxy) is 1. The van der Waals surface area contributed by atoms with Crippen LogP contribution in [-0.4, -0.2) is 41.6 Å². The van der Waals surface area contributed by atoms with E-state index in [0.717, 1.165) is 6.07 Å². The molecule has 1 fully saturated rings. The van der Waals surface area contributed by atoms with Gasteiger partial charge in [-0.05, 0) is 18.6 Å². The number of rotatable bonds is 4. The molecule has 1 saturated heterocycles. The zero-order valence-electron chi connectivity index (χ0n) is 10.5. The van der Waals surface area contributed by atoms with Crippen LogP contribution < -0.4 is 4.74 Å². The third-order valence-corrected chi connectivity index (χ3v) is 3.43. The van der Waals surface area contributed by atoms with E-state index in [1.54, 1.807) is 0 Å². The number of halogens is 2. The third kappa shape index (κ3) is 3.39. The standard InChI is InChI=1S/C13H13ClFNO4/c14-10-5-9(1-2-11(10)15)20-7-12(17)16-4-3-8(6-16)13(18)19/h1-2,5,8H,3-4,6-7H2,(H,18,19)/t8-/m1/s1. The number of hydrogen-bond donors (Lipinski definition) is 1. The minimum absolute atomic E-state index is 0.0814. The zero-order valence-corrected chi connectivity index (χ0v) is 11.3. The van der Waals surface area contributed by atoms with Gasteiger partial charge in [0.2, 0.25) is 0 Å². The van der Waals surface area contributed by atoms with Crippen LogP contribution >= 0.6 is 11.6 Å². The Morgan fingerprint density at radius 1 is 1.50 bits per heavy atom. The Balaban J connectivity index is 1.86. The van der Waals surface area contributed by atoms with Gasteiger partial charge in [-0.3, -0.25) is 9.59 Å². The van der Waals surface area contributed by atoms with E-state index in [1.807, 2.05) is 0 Å².